The largest absolute Gasteiger partial charge is 0.456 e. The van der Waals surface area contributed by atoms with Crippen LogP contribution in [0.3, 0.4) is 0 Å². The lowest BCUT2D eigenvalue weighted by atomic mass is 9.68. The maximum atomic E-state index is 6.10. The lowest BCUT2D eigenvalue weighted by molar-refractivity contribution is -0.172. The molecule has 4 aliphatic heterocycles. The Morgan fingerprint density at radius 1 is 0.960 bits per heavy atom. The zero-order valence-corrected chi connectivity index (χ0v) is 14.8. The normalized spacial score (nSPS) is 36.6. The predicted octanol–water partition coefficient (Wildman–Crippen LogP) is 3.34. The average molecular weight is 333 g/mol. The highest BCUT2D eigenvalue weighted by molar-refractivity contribution is 6.05. The zero-order chi connectivity index (χ0) is 16.8. The van der Waals surface area contributed by atoms with Crippen LogP contribution in [0, 0.1) is 6.92 Å². The molecule has 1 aromatic heterocycles. The second-order valence-electron chi connectivity index (χ2n) is 8.26. The highest BCUT2D eigenvalue weighted by Crippen LogP contribution is 2.45. The number of hydrogen-bond donors (Lipinski definition) is 0. The Morgan fingerprint density at radius 2 is 1.72 bits per heavy atom. The molecule has 3 aromatic rings. The number of hydrogen-bond acceptors (Lipinski definition) is 4. The number of fused-ring (bicyclic) bond motifs is 3. The van der Waals surface area contributed by atoms with Gasteiger partial charge in [-0.05, 0) is 43.2 Å². The van der Waals surface area contributed by atoms with Crippen molar-refractivity contribution in [3.8, 4) is 0 Å². The van der Waals surface area contributed by atoms with Crippen LogP contribution in [0.25, 0.3) is 21.9 Å². The highest BCUT2D eigenvalue weighted by atomic mass is 16.3. The Morgan fingerprint density at radius 3 is 2.52 bits per heavy atom. The molecule has 5 heterocycles. The van der Waals surface area contributed by atoms with Crippen LogP contribution in [-0.4, -0.2) is 53.8 Å². The molecule has 3 atom stereocenters. The molecule has 4 heteroatoms. The van der Waals surface area contributed by atoms with E-state index in [4.69, 9.17) is 4.42 Å². The van der Waals surface area contributed by atoms with Crippen LogP contribution >= 0.6 is 0 Å². The van der Waals surface area contributed by atoms with E-state index in [1.807, 2.05) is 6.07 Å². The van der Waals surface area contributed by atoms with E-state index in [0.29, 0.717) is 6.04 Å². The number of furan rings is 1. The van der Waals surface area contributed by atoms with Crippen LogP contribution in [0.15, 0.2) is 40.8 Å². The van der Waals surface area contributed by atoms with E-state index in [1.165, 1.54) is 35.0 Å². The van der Waals surface area contributed by atoms with E-state index in [0.717, 1.165) is 31.2 Å². The van der Waals surface area contributed by atoms with E-state index in [-0.39, 0.29) is 5.41 Å². The molecule has 0 spiro atoms. The van der Waals surface area contributed by atoms with Crippen molar-refractivity contribution in [2.24, 2.45) is 0 Å². The summed E-state index contributed by atoms with van der Waals surface area (Å²) in [6, 6.07) is 13.7. The molecule has 4 saturated heterocycles. The van der Waals surface area contributed by atoms with Crippen molar-refractivity contribution in [1.29, 1.82) is 0 Å². The van der Waals surface area contributed by atoms with Crippen molar-refractivity contribution < 1.29 is 4.42 Å². The fraction of sp³-hybridized carbons (Fsp3) is 0.429. The molecule has 2 aromatic carbocycles. The summed E-state index contributed by atoms with van der Waals surface area (Å²) in [7, 11) is 0. The fourth-order valence-electron chi connectivity index (χ4n) is 5.64. The monoisotopic (exact) mass is 333 g/mol. The van der Waals surface area contributed by atoms with Crippen molar-refractivity contribution in [3.05, 3.63) is 47.5 Å². The van der Waals surface area contributed by atoms with Crippen molar-refractivity contribution in [3.63, 3.8) is 0 Å². The van der Waals surface area contributed by atoms with Gasteiger partial charge in [-0.15, -0.1) is 0 Å². The Hall–Kier alpha value is -1.88. The van der Waals surface area contributed by atoms with Gasteiger partial charge in [-0.25, -0.2) is 0 Å². The van der Waals surface area contributed by atoms with Crippen LogP contribution in [-0.2, 0) is 5.41 Å². The second-order valence-corrected chi connectivity index (χ2v) is 8.26. The Bertz CT molecular complexity index is 993. The third-order valence-electron chi connectivity index (χ3n) is 6.78. The van der Waals surface area contributed by atoms with Gasteiger partial charge < -0.3 is 4.42 Å². The van der Waals surface area contributed by atoms with Gasteiger partial charge in [-0.3, -0.25) is 14.7 Å². The number of benzene rings is 2. The van der Waals surface area contributed by atoms with Gasteiger partial charge in [0.05, 0.1) is 20.0 Å². The summed E-state index contributed by atoms with van der Waals surface area (Å²) in [5, 5.41) is 2.50. The lowest BCUT2D eigenvalue weighted by Gasteiger charge is -2.64. The molecule has 4 fully saturated rings. The summed E-state index contributed by atoms with van der Waals surface area (Å²) < 4.78 is 6.10. The van der Waals surface area contributed by atoms with Crippen molar-refractivity contribution in [2.75, 3.05) is 33.1 Å². The first-order valence-corrected chi connectivity index (χ1v) is 9.25. The summed E-state index contributed by atoms with van der Waals surface area (Å²) in [5.74, 6) is 0. The summed E-state index contributed by atoms with van der Waals surface area (Å²) in [5.41, 5.74) is 5.08. The maximum absolute atomic E-state index is 6.10. The van der Waals surface area contributed by atoms with Gasteiger partial charge in [-0.1, -0.05) is 18.2 Å². The van der Waals surface area contributed by atoms with Crippen LogP contribution in [0.2, 0.25) is 0 Å². The Labute approximate surface area is 147 Å². The first-order valence-electron chi connectivity index (χ1n) is 9.25. The van der Waals surface area contributed by atoms with Gasteiger partial charge in [0.1, 0.15) is 11.2 Å². The van der Waals surface area contributed by atoms with Crippen LogP contribution in [0.5, 0.6) is 0 Å². The molecule has 7 rings (SSSR count). The number of aryl methyl sites for hydroxylation is 1. The smallest absolute Gasteiger partial charge is 0.135 e. The van der Waals surface area contributed by atoms with Gasteiger partial charge in [0.2, 0.25) is 0 Å². The maximum Gasteiger partial charge on any atom is 0.135 e. The van der Waals surface area contributed by atoms with Gasteiger partial charge in [0, 0.05) is 35.3 Å². The third kappa shape index (κ3) is 1.77. The lowest BCUT2D eigenvalue weighted by Crippen LogP contribution is -2.77. The molecule has 0 N–H and O–H groups in total. The topological polar surface area (TPSA) is 22.9 Å². The zero-order valence-electron chi connectivity index (χ0n) is 14.8. The Balaban J connectivity index is 1.61. The Kier molecular flexibility index (Phi) is 2.65. The minimum atomic E-state index is 0.200. The molecule has 128 valence electrons. The number of rotatable bonds is 1. The SMILES string of the molecule is Cc1cc2oc3ccccc3c2cc1C12CN3CN(CN(C3)C1C)C2. The van der Waals surface area contributed by atoms with Crippen molar-refractivity contribution >= 4 is 21.9 Å². The molecule has 0 amide bonds. The molecule has 0 radical (unpaired) electrons. The summed E-state index contributed by atoms with van der Waals surface area (Å²) in [4.78, 5) is 7.84. The summed E-state index contributed by atoms with van der Waals surface area (Å²) in [6.45, 7) is 10.4. The quantitative estimate of drug-likeness (QED) is 0.681. The highest BCUT2D eigenvalue weighted by Gasteiger charge is 2.54. The van der Waals surface area contributed by atoms with E-state index >= 15 is 0 Å². The first kappa shape index (κ1) is 14.3. The van der Waals surface area contributed by atoms with E-state index in [9.17, 15) is 0 Å². The van der Waals surface area contributed by atoms with E-state index < -0.39 is 0 Å². The molecule has 0 aliphatic carbocycles. The number of nitrogens with zero attached hydrogens (tertiary/aromatic N) is 3. The van der Waals surface area contributed by atoms with Gasteiger partial charge in [0.25, 0.3) is 0 Å². The van der Waals surface area contributed by atoms with Crippen LogP contribution < -0.4 is 0 Å². The standard InChI is InChI=1S/C21H23N3O/c1-14-7-20-17(16-5-3-4-6-19(16)25-20)8-18(14)21-9-22-11-23(10-21)13-24(12-22)15(21)2/h3-8,15H,9-13H2,1-2H3. The van der Waals surface area contributed by atoms with Crippen molar-refractivity contribution in [1.82, 2.24) is 14.7 Å². The van der Waals surface area contributed by atoms with Gasteiger partial charge in [-0.2, -0.15) is 0 Å². The minimum Gasteiger partial charge on any atom is -0.456 e. The molecule has 4 bridgehead atoms. The molecule has 4 nitrogen and oxygen atoms in total. The molecular formula is C21H23N3O. The number of para-hydroxylation sites is 1. The molecule has 3 unspecified atom stereocenters. The van der Waals surface area contributed by atoms with Gasteiger partial charge in [0.15, 0.2) is 0 Å². The van der Waals surface area contributed by atoms with Gasteiger partial charge >= 0.3 is 0 Å². The predicted molar refractivity (Wildman–Crippen MR) is 99.4 cm³/mol. The third-order valence-corrected chi connectivity index (χ3v) is 6.78. The van der Waals surface area contributed by atoms with Crippen LogP contribution in [0.4, 0.5) is 0 Å². The van der Waals surface area contributed by atoms with Crippen LogP contribution in [0.1, 0.15) is 18.1 Å². The van der Waals surface area contributed by atoms with E-state index in [1.54, 1.807) is 0 Å². The average Bonchev–Trinajstić information content (AvgIpc) is 2.95. The second kappa shape index (κ2) is 4.64. The first-order chi connectivity index (χ1) is 12.1. The molecule has 25 heavy (non-hydrogen) atoms. The minimum absolute atomic E-state index is 0.200. The summed E-state index contributed by atoms with van der Waals surface area (Å²) >= 11 is 0. The fourth-order valence-corrected chi connectivity index (χ4v) is 5.64. The molecule has 0 saturated carbocycles. The van der Waals surface area contributed by atoms with Crippen molar-refractivity contribution in [2.45, 2.75) is 25.3 Å². The van der Waals surface area contributed by atoms with E-state index in [2.05, 4.69) is 58.9 Å². The summed E-state index contributed by atoms with van der Waals surface area (Å²) in [6.07, 6.45) is 0. The molecule has 4 aliphatic rings. The molecular weight excluding hydrogens is 310 g/mol.